The topological polar surface area (TPSA) is 89.3 Å². The van der Waals surface area contributed by atoms with E-state index in [4.69, 9.17) is 5.14 Å². The first kappa shape index (κ1) is 14.5. The Kier molecular flexibility index (Phi) is 3.75. The zero-order chi connectivity index (χ0) is 15.0. The Morgan fingerprint density at radius 2 is 2.10 bits per heavy atom. The van der Waals surface area contributed by atoms with Crippen molar-refractivity contribution in [1.82, 2.24) is 5.32 Å². The summed E-state index contributed by atoms with van der Waals surface area (Å²) in [6.45, 7) is 0.680. The number of primary sulfonamides is 1. The second kappa shape index (κ2) is 5.42. The summed E-state index contributed by atoms with van der Waals surface area (Å²) in [6.07, 6.45) is 5.14. The van der Waals surface area contributed by atoms with Gasteiger partial charge >= 0.3 is 0 Å². The number of carbonyl (C=O) groups is 1. The number of carbonyl (C=O) groups excluding carboxylic acids is 1. The van der Waals surface area contributed by atoms with E-state index in [0.29, 0.717) is 18.0 Å². The van der Waals surface area contributed by atoms with E-state index in [-0.39, 0.29) is 10.8 Å². The van der Waals surface area contributed by atoms with Gasteiger partial charge < -0.3 is 5.32 Å². The van der Waals surface area contributed by atoms with E-state index in [9.17, 15) is 13.2 Å². The van der Waals surface area contributed by atoms with E-state index in [0.717, 1.165) is 11.8 Å². The molecule has 21 heavy (non-hydrogen) atoms. The Labute approximate surface area is 125 Å². The number of hydrogen-bond donors (Lipinski definition) is 2. The van der Waals surface area contributed by atoms with Gasteiger partial charge in [0.2, 0.25) is 10.0 Å². The lowest BCUT2D eigenvalue weighted by Crippen LogP contribution is -2.31. The Morgan fingerprint density at radius 3 is 2.71 bits per heavy atom. The summed E-state index contributed by atoms with van der Waals surface area (Å²) in [4.78, 5) is 12.1. The molecule has 3 unspecified atom stereocenters. The minimum absolute atomic E-state index is 0.0323. The molecule has 114 valence electrons. The van der Waals surface area contributed by atoms with Gasteiger partial charge in [-0.3, -0.25) is 4.79 Å². The van der Waals surface area contributed by atoms with Crippen molar-refractivity contribution in [2.24, 2.45) is 22.9 Å². The summed E-state index contributed by atoms with van der Waals surface area (Å²) in [7, 11) is -3.78. The van der Waals surface area contributed by atoms with Crippen LogP contribution in [0.4, 0.5) is 0 Å². The Bertz CT molecular complexity index is 657. The summed E-state index contributed by atoms with van der Waals surface area (Å²) in [5.74, 6) is 1.95. The summed E-state index contributed by atoms with van der Waals surface area (Å²) in [5.41, 5.74) is 0.338. The molecule has 0 spiro atoms. The lowest BCUT2D eigenvalue weighted by Gasteiger charge is -2.21. The molecule has 2 fully saturated rings. The Balaban J connectivity index is 1.63. The Morgan fingerprint density at radius 1 is 1.29 bits per heavy atom. The molecule has 1 aromatic carbocycles. The summed E-state index contributed by atoms with van der Waals surface area (Å²) < 4.78 is 22.6. The molecule has 1 aromatic rings. The number of fused-ring (bicyclic) bond motifs is 2. The average molecular weight is 308 g/mol. The van der Waals surface area contributed by atoms with Crippen molar-refractivity contribution in [1.29, 1.82) is 0 Å². The lowest BCUT2D eigenvalue weighted by molar-refractivity contribution is 0.0941. The van der Waals surface area contributed by atoms with Gasteiger partial charge in [-0.25, -0.2) is 13.6 Å². The molecular formula is C15H20N2O3S. The standard InChI is InChI=1S/C15H20N2O3S/c16-21(19,20)14-3-1-2-12(8-14)15(18)17-9-13-7-10-4-5-11(13)6-10/h1-3,8,10-11,13H,4-7,9H2,(H,17,18)(H2,16,19,20). The number of nitrogens with two attached hydrogens (primary N) is 1. The SMILES string of the molecule is NS(=O)(=O)c1cccc(C(=O)NCC2CC3CCC2C3)c1. The molecule has 0 heterocycles. The highest BCUT2D eigenvalue weighted by atomic mass is 32.2. The first-order chi connectivity index (χ1) is 9.93. The minimum Gasteiger partial charge on any atom is -0.352 e. The van der Waals surface area contributed by atoms with Gasteiger partial charge in [0.15, 0.2) is 0 Å². The number of benzene rings is 1. The third-order valence-corrected chi connectivity index (χ3v) is 5.75. The molecule has 3 atom stereocenters. The first-order valence-corrected chi connectivity index (χ1v) is 8.89. The molecule has 5 nitrogen and oxygen atoms in total. The highest BCUT2D eigenvalue weighted by Crippen LogP contribution is 2.47. The van der Waals surface area contributed by atoms with Crippen LogP contribution in [0.2, 0.25) is 0 Å². The highest BCUT2D eigenvalue weighted by molar-refractivity contribution is 7.89. The van der Waals surface area contributed by atoms with E-state index in [2.05, 4.69) is 5.32 Å². The smallest absolute Gasteiger partial charge is 0.251 e. The van der Waals surface area contributed by atoms with Gasteiger partial charge in [0.05, 0.1) is 4.90 Å². The van der Waals surface area contributed by atoms with E-state index in [1.807, 2.05) is 0 Å². The molecule has 2 bridgehead atoms. The van der Waals surface area contributed by atoms with Gasteiger partial charge in [0.1, 0.15) is 0 Å². The molecule has 0 aliphatic heterocycles. The molecule has 0 aromatic heterocycles. The maximum atomic E-state index is 12.1. The van der Waals surface area contributed by atoms with Crippen LogP contribution in [-0.2, 0) is 10.0 Å². The van der Waals surface area contributed by atoms with Crippen molar-refractivity contribution in [3.05, 3.63) is 29.8 Å². The van der Waals surface area contributed by atoms with Crippen molar-refractivity contribution in [3.63, 3.8) is 0 Å². The van der Waals surface area contributed by atoms with Gasteiger partial charge in [-0.05, 0) is 55.2 Å². The van der Waals surface area contributed by atoms with Crippen molar-refractivity contribution in [2.75, 3.05) is 6.54 Å². The van der Waals surface area contributed by atoms with Crippen LogP contribution >= 0.6 is 0 Å². The second-order valence-electron chi connectivity index (χ2n) is 6.22. The van der Waals surface area contributed by atoms with E-state index < -0.39 is 10.0 Å². The van der Waals surface area contributed by atoms with Crippen molar-refractivity contribution in [2.45, 2.75) is 30.6 Å². The van der Waals surface area contributed by atoms with Crippen molar-refractivity contribution in [3.8, 4) is 0 Å². The van der Waals surface area contributed by atoms with Crippen LogP contribution in [-0.4, -0.2) is 20.9 Å². The average Bonchev–Trinajstić information content (AvgIpc) is 3.06. The van der Waals surface area contributed by atoms with E-state index in [1.54, 1.807) is 6.07 Å². The fourth-order valence-corrected chi connectivity index (χ4v) is 4.33. The number of amides is 1. The third-order valence-electron chi connectivity index (χ3n) is 4.83. The van der Waals surface area contributed by atoms with Crippen molar-refractivity contribution >= 4 is 15.9 Å². The molecule has 1 amide bonds. The van der Waals surface area contributed by atoms with E-state index in [1.165, 1.54) is 43.9 Å². The normalized spacial score (nSPS) is 27.8. The number of nitrogens with one attached hydrogen (secondary N) is 1. The third kappa shape index (κ3) is 3.11. The molecule has 6 heteroatoms. The molecule has 0 saturated heterocycles. The van der Waals surface area contributed by atoms with Crippen LogP contribution in [0, 0.1) is 17.8 Å². The van der Waals surface area contributed by atoms with Gasteiger partial charge in [-0.2, -0.15) is 0 Å². The van der Waals surface area contributed by atoms with E-state index >= 15 is 0 Å². The number of sulfonamides is 1. The van der Waals surface area contributed by atoms with Crippen LogP contribution in [0.15, 0.2) is 29.2 Å². The molecule has 2 saturated carbocycles. The van der Waals surface area contributed by atoms with Gasteiger partial charge in [-0.15, -0.1) is 0 Å². The second-order valence-corrected chi connectivity index (χ2v) is 7.78. The fraction of sp³-hybridized carbons (Fsp3) is 0.533. The molecule has 2 aliphatic carbocycles. The largest absolute Gasteiger partial charge is 0.352 e. The zero-order valence-electron chi connectivity index (χ0n) is 11.8. The zero-order valence-corrected chi connectivity index (χ0v) is 12.6. The van der Waals surface area contributed by atoms with Crippen LogP contribution in [0.3, 0.4) is 0 Å². The number of hydrogen-bond acceptors (Lipinski definition) is 3. The molecule has 3 N–H and O–H groups in total. The minimum atomic E-state index is -3.78. The molecule has 3 rings (SSSR count). The summed E-state index contributed by atoms with van der Waals surface area (Å²) in [5, 5.41) is 8.01. The molecular weight excluding hydrogens is 288 g/mol. The maximum absolute atomic E-state index is 12.1. The van der Waals surface area contributed by atoms with Crippen LogP contribution in [0.5, 0.6) is 0 Å². The highest BCUT2D eigenvalue weighted by Gasteiger charge is 2.39. The monoisotopic (exact) mass is 308 g/mol. The van der Waals surface area contributed by atoms with Crippen molar-refractivity contribution < 1.29 is 13.2 Å². The quantitative estimate of drug-likeness (QED) is 0.883. The molecule has 0 radical (unpaired) electrons. The fourth-order valence-electron chi connectivity index (χ4n) is 3.77. The predicted molar refractivity (Wildman–Crippen MR) is 79.1 cm³/mol. The lowest BCUT2D eigenvalue weighted by atomic mass is 9.89. The molecule has 2 aliphatic rings. The summed E-state index contributed by atoms with van der Waals surface area (Å²) in [6, 6.07) is 5.85. The van der Waals surface area contributed by atoms with Crippen LogP contribution < -0.4 is 10.5 Å². The van der Waals surface area contributed by atoms with Crippen LogP contribution in [0.25, 0.3) is 0 Å². The van der Waals surface area contributed by atoms with Gasteiger partial charge in [0, 0.05) is 12.1 Å². The Hall–Kier alpha value is -1.40. The van der Waals surface area contributed by atoms with Gasteiger partial charge in [0.25, 0.3) is 5.91 Å². The number of rotatable bonds is 4. The van der Waals surface area contributed by atoms with Crippen LogP contribution in [0.1, 0.15) is 36.0 Å². The first-order valence-electron chi connectivity index (χ1n) is 7.34. The van der Waals surface area contributed by atoms with Gasteiger partial charge in [-0.1, -0.05) is 12.5 Å². The maximum Gasteiger partial charge on any atom is 0.251 e. The summed E-state index contributed by atoms with van der Waals surface area (Å²) >= 11 is 0. The predicted octanol–water partition coefficient (Wildman–Crippen LogP) is 1.50.